The van der Waals surface area contributed by atoms with Crippen molar-refractivity contribution in [2.24, 2.45) is 5.92 Å². The second kappa shape index (κ2) is 15.2. The average molecular weight is 419 g/mol. The van der Waals surface area contributed by atoms with Crippen LogP contribution in [-0.4, -0.2) is 50.2 Å². The quantitative estimate of drug-likeness (QED) is 0.151. The summed E-state index contributed by atoms with van der Waals surface area (Å²) in [5.41, 5.74) is -2.76. The predicted octanol–water partition coefficient (Wildman–Crippen LogP) is 3.48. The van der Waals surface area contributed by atoms with E-state index in [-0.39, 0.29) is 12.3 Å². The summed E-state index contributed by atoms with van der Waals surface area (Å²) in [7, 11) is 0. The van der Waals surface area contributed by atoms with Gasteiger partial charge in [-0.15, -0.1) is 0 Å². The predicted molar refractivity (Wildman–Crippen MR) is 107 cm³/mol. The second-order valence-corrected chi connectivity index (χ2v) is 7.83. The number of carboxylic acids is 2. The highest BCUT2D eigenvalue weighted by Gasteiger charge is 2.41. The Morgan fingerprint density at radius 2 is 1.38 bits per heavy atom. The first kappa shape index (κ1) is 27.3. The van der Waals surface area contributed by atoms with E-state index in [0.29, 0.717) is 0 Å². The lowest BCUT2D eigenvalue weighted by Gasteiger charge is -2.23. The molecule has 0 heterocycles. The maximum absolute atomic E-state index is 11.9. The lowest BCUT2D eigenvalue weighted by atomic mass is 9.91. The fourth-order valence-electron chi connectivity index (χ4n) is 3.33. The fourth-order valence-corrected chi connectivity index (χ4v) is 3.33. The minimum Gasteiger partial charge on any atom is -0.481 e. The van der Waals surface area contributed by atoms with E-state index in [9.17, 15) is 24.6 Å². The summed E-state index contributed by atoms with van der Waals surface area (Å²) in [4.78, 5) is 33.8. The van der Waals surface area contributed by atoms with Crippen molar-refractivity contribution in [2.75, 3.05) is 0 Å². The molecule has 0 aromatic rings. The third-order valence-corrected chi connectivity index (χ3v) is 5.01. The molecule has 29 heavy (non-hydrogen) atoms. The van der Waals surface area contributed by atoms with E-state index >= 15 is 0 Å². The number of hydrogen-bond donors (Lipinski definition) is 4. The van der Waals surface area contributed by atoms with Crippen molar-refractivity contribution >= 4 is 17.9 Å². The molecule has 0 saturated heterocycles. The lowest BCUT2D eigenvalue weighted by Crippen LogP contribution is -2.43. The number of carbonyl (C=O) groups is 3. The second-order valence-electron chi connectivity index (χ2n) is 7.83. The Bertz CT molecular complexity index is 481. The number of carboxylic acid groups (broad SMARTS) is 2. The Balaban J connectivity index is 4.66. The van der Waals surface area contributed by atoms with Crippen LogP contribution in [0.15, 0.2) is 0 Å². The summed E-state index contributed by atoms with van der Waals surface area (Å²) in [6.07, 6.45) is 7.34. The molecule has 8 nitrogen and oxygen atoms in total. The van der Waals surface area contributed by atoms with Gasteiger partial charge in [-0.3, -0.25) is 9.59 Å². The van der Waals surface area contributed by atoms with Gasteiger partial charge in [-0.1, -0.05) is 78.1 Å². The molecule has 8 heteroatoms. The third kappa shape index (κ3) is 13.2. The summed E-state index contributed by atoms with van der Waals surface area (Å²) in [5.74, 6) is -4.33. The van der Waals surface area contributed by atoms with Gasteiger partial charge < -0.3 is 25.2 Å². The first-order valence-corrected chi connectivity index (χ1v) is 10.7. The maximum Gasteiger partial charge on any atom is 0.336 e. The number of aliphatic carboxylic acids is 2. The smallest absolute Gasteiger partial charge is 0.336 e. The van der Waals surface area contributed by atoms with Gasteiger partial charge >= 0.3 is 17.9 Å². The van der Waals surface area contributed by atoms with Gasteiger partial charge in [0.25, 0.3) is 0 Å². The number of hydrogen-bond acceptors (Lipinski definition) is 6. The van der Waals surface area contributed by atoms with Crippen molar-refractivity contribution in [3.8, 4) is 0 Å². The van der Waals surface area contributed by atoms with Crippen LogP contribution < -0.4 is 0 Å². The molecule has 0 saturated carbocycles. The van der Waals surface area contributed by atoms with Crippen LogP contribution in [0.25, 0.3) is 0 Å². The van der Waals surface area contributed by atoms with Gasteiger partial charge in [0.05, 0.1) is 12.8 Å². The number of esters is 1. The van der Waals surface area contributed by atoms with E-state index in [1.807, 2.05) is 0 Å². The molecule has 170 valence electrons. The lowest BCUT2D eigenvalue weighted by molar-refractivity contribution is -0.183. The summed E-state index contributed by atoms with van der Waals surface area (Å²) >= 11 is 0. The highest BCUT2D eigenvalue weighted by Crippen LogP contribution is 2.24. The van der Waals surface area contributed by atoms with E-state index in [2.05, 4.69) is 13.8 Å². The van der Waals surface area contributed by atoms with E-state index in [1.54, 1.807) is 0 Å². The minimum atomic E-state index is -2.76. The van der Waals surface area contributed by atoms with Crippen LogP contribution in [0.1, 0.15) is 97.3 Å². The maximum atomic E-state index is 11.9. The van der Waals surface area contributed by atoms with Crippen molar-refractivity contribution in [1.29, 1.82) is 0 Å². The topological polar surface area (TPSA) is 141 Å². The van der Waals surface area contributed by atoms with Gasteiger partial charge in [-0.05, 0) is 5.92 Å². The van der Waals surface area contributed by atoms with Crippen molar-refractivity contribution in [1.82, 2.24) is 0 Å². The van der Waals surface area contributed by atoms with Gasteiger partial charge in [0.2, 0.25) is 6.29 Å². The molecule has 2 atom stereocenters. The van der Waals surface area contributed by atoms with Crippen LogP contribution in [0.5, 0.6) is 0 Å². The van der Waals surface area contributed by atoms with Crippen LogP contribution >= 0.6 is 0 Å². The molecule has 0 aromatic carbocycles. The summed E-state index contributed by atoms with van der Waals surface area (Å²) in [6.45, 7) is 4.27. The largest absolute Gasteiger partial charge is 0.481 e. The molecule has 0 aliphatic carbocycles. The van der Waals surface area contributed by atoms with Crippen LogP contribution in [0.2, 0.25) is 0 Å². The number of ether oxygens (including phenoxy) is 1. The minimum absolute atomic E-state index is 0.184. The zero-order valence-electron chi connectivity index (χ0n) is 17.8. The van der Waals surface area contributed by atoms with Crippen LogP contribution in [0, 0.1) is 5.92 Å². The molecule has 0 aliphatic rings. The average Bonchev–Trinajstić information content (AvgIpc) is 2.60. The van der Waals surface area contributed by atoms with Crippen molar-refractivity contribution in [3.63, 3.8) is 0 Å². The number of rotatable bonds is 18. The fraction of sp³-hybridized carbons (Fsp3) is 0.857. The molecule has 0 fully saturated rings. The molecule has 0 rings (SSSR count). The molecule has 0 aliphatic heterocycles. The Labute approximate surface area is 173 Å². The monoisotopic (exact) mass is 418 g/mol. The number of unbranched alkanes of at least 4 members (excludes halogenated alkanes) is 6. The molecule has 4 N–H and O–H groups in total. The van der Waals surface area contributed by atoms with Crippen LogP contribution in [-0.2, 0) is 19.1 Å². The molecular formula is C21H38O8. The molecule has 0 spiro atoms. The number of aliphatic hydroxyl groups is 2. The van der Waals surface area contributed by atoms with Crippen molar-refractivity contribution < 1.29 is 39.5 Å². The first-order valence-electron chi connectivity index (χ1n) is 10.7. The van der Waals surface area contributed by atoms with Gasteiger partial charge in [0, 0.05) is 6.42 Å². The van der Waals surface area contributed by atoms with Gasteiger partial charge in [-0.25, -0.2) is 4.79 Å². The SMILES string of the molecule is CCCCCCC(CCCCCC)CC(O)OC(=O)CC(O)(CC(=O)O)C(=O)O. The summed E-state index contributed by atoms with van der Waals surface area (Å²) < 4.78 is 4.86. The molecule has 2 unspecified atom stereocenters. The van der Waals surface area contributed by atoms with Gasteiger partial charge in [0.15, 0.2) is 5.60 Å². The Morgan fingerprint density at radius 3 is 1.79 bits per heavy atom. The van der Waals surface area contributed by atoms with Gasteiger partial charge in [-0.2, -0.15) is 0 Å². The van der Waals surface area contributed by atoms with E-state index in [0.717, 1.165) is 64.2 Å². The standard InChI is InChI=1S/C21H38O8/c1-3-5-7-9-11-16(12-10-8-6-4-2)13-18(24)29-19(25)15-21(28,20(26)27)14-17(22)23/h16,18,24,28H,3-15H2,1-2H3,(H,22,23)(H,26,27). The molecular weight excluding hydrogens is 380 g/mol. The Hall–Kier alpha value is -1.67. The van der Waals surface area contributed by atoms with E-state index in [1.165, 1.54) is 0 Å². The highest BCUT2D eigenvalue weighted by atomic mass is 16.6. The normalized spacial score (nSPS) is 14.4. The third-order valence-electron chi connectivity index (χ3n) is 5.01. The number of carbonyl (C=O) groups excluding carboxylic acids is 1. The van der Waals surface area contributed by atoms with Crippen molar-refractivity contribution in [3.05, 3.63) is 0 Å². The van der Waals surface area contributed by atoms with Crippen molar-refractivity contribution in [2.45, 2.75) is 109 Å². The molecule has 0 amide bonds. The molecule has 0 bridgehead atoms. The van der Waals surface area contributed by atoms with E-state index in [4.69, 9.17) is 14.9 Å². The Morgan fingerprint density at radius 1 is 0.862 bits per heavy atom. The van der Waals surface area contributed by atoms with Crippen LogP contribution in [0.4, 0.5) is 0 Å². The first-order chi connectivity index (χ1) is 13.6. The summed E-state index contributed by atoms with van der Waals surface area (Å²) in [6, 6.07) is 0. The Kier molecular flexibility index (Phi) is 14.3. The summed E-state index contributed by atoms with van der Waals surface area (Å²) in [5, 5.41) is 37.8. The van der Waals surface area contributed by atoms with Gasteiger partial charge in [0.1, 0.15) is 0 Å². The zero-order valence-corrected chi connectivity index (χ0v) is 17.8. The molecule has 0 aromatic heterocycles. The zero-order chi connectivity index (χ0) is 22.3. The van der Waals surface area contributed by atoms with E-state index < -0.39 is 42.6 Å². The molecule has 0 radical (unpaired) electrons. The van der Waals surface area contributed by atoms with Crippen LogP contribution in [0.3, 0.4) is 0 Å². The highest BCUT2D eigenvalue weighted by molar-refractivity contribution is 5.88. The number of aliphatic hydroxyl groups excluding tert-OH is 1.